The van der Waals surface area contributed by atoms with Crippen LogP contribution in [0.1, 0.15) is 47.4 Å². The van der Waals surface area contributed by atoms with Crippen LogP contribution in [0.5, 0.6) is 5.75 Å². The van der Waals surface area contributed by atoms with Gasteiger partial charge in [-0.1, -0.05) is 6.92 Å². The average Bonchev–Trinajstić information content (AvgIpc) is 3.74. The van der Waals surface area contributed by atoms with Crippen LogP contribution in [-0.2, 0) is 9.53 Å². The van der Waals surface area contributed by atoms with Crippen molar-refractivity contribution < 1.29 is 23.9 Å². The van der Waals surface area contributed by atoms with E-state index in [1.54, 1.807) is 66.7 Å². The number of pyridine rings is 1. The Kier molecular flexibility index (Phi) is 7.88. The monoisotopic (exact) mass is 494 g/mol. The van der Waals surface area contributed by atoms with Crippen LogP contribution in [0.15, 0.2) is 42.7 Å². The molecule has 2 aliphatic rings. The van der Waals surface area contributed by atoms with Crippen LogP contribution in [0.3, 0.4) is 0 Å². The van der Waals surface area contributed by atoms with Crippen LogP contribution >= 0.6 is 0 Å². The van der Waals surface area contributed by atoms with Gasteiger partial charge in [-0.05, 0) is 50.1 Å². The molecule has 1 aromatic heterocycles. The van der Waals surface area contributed by atoms with Gasteiger partial charge in [0.15, 0.2) is 0 Å². The lowest BCUT2D eigenvalue weighted by atomic mass is 10.0. The minimum Gasteiger partial charge on any atom is -0.491 e. The minimum atomic E-state index is -0.291. The number of amides is 3. The van der Waals surface area contributed by atoms with Gasteiger partial charge in [0.2, 0.25) is 5.91 Å². The summed E-state index contributed by atoms with van der Waals surface area (Å²) in [6, 6.07) is 8.22. The van der Waals surface area contributed by atoms with Crippen LogP contribution in [0.2, 0.25) is 0 Å². The first-order valence-corrected chi connectivity index (χ1v) is 12.4. The van der Waals surface area contributed by atoms with Crippen molar-refractivity contribution in [1.29, 1.82) is 0 Å². The molecule has 2 heterocycles. The van der Waals surface area contributed by atoms with E-state index in [0.717, 1.165) is 12.8 Å². The Bertz CT molecular complexity index is 1100. The first-order valence-electron chi connectivity index (χ1n) is 12.4. The second-order valence-electron chi connectivity index (χ2n) is 9.77. The first kappa shape index (κ1) is 25.6. The van der Waals surface area contributed by atoms with Crippen LogP contribution in [0.25, 0.3) is 0 Å². The smallest absolute Gasteiger partial charge is 0.257 e. The molecule has 0 saturated heterocycles. The van der Waals surface area contributed by atoms with E-state index in [-0.39, 0.29) is 48.3 Å². The van der Waals surface area contributed by atoms with E-state index in [0.29, 0.717) is 35.7 Å². The number of ether oxygens (including phenoxy) is 2. The number of fused-ring (bicyclic) bond motifs is 1. The normalized spacial score (nSPS) is 23.1. The summed E-state index contributed by atoms with van der Waals surface area (Å²) >= 11 is 0. The van der Waals surface area contributed by atoms with Gasteiger partial charge in [0.1, 0.15) is 12.4 Å². The van der Waals surface area contributed by atoms with Crippen molar-refractivity contribution >= 4 is 23.4 Å². The fourth-order valence-electron chi connectivity index (χ4n) is 4.39. The lowest BCUT2D eigenvalue weighted by Gasteiger charge is -2.36. The van der Waals surface area contributed by atoms with E-state index in [2.05, 4.69) is 10.3 Å². The molecule has 9 nitrogen and oxygen atoms in total. The minimum absolute atomic E-state index is 0.0306. The van der Waals surface area contributed by atoms with Crippen LogP contribution in [0, 0.1) is 11.8 Å². The topological polar surface area (TPSA) is 101 Å². The van der Waals surface area contributed by atoms with Gasteiger partial charge in [-0.2, -0.15) is 0 Å². The van der Waals surface area contributed by atoms with E-state index in [1.807, 2.05) is 13.8 Å². The summed E-state index contributed by atoms with van der Waals surface area (Å²) in [7, 11) is 3.33. The third-order valence-corrected chi connectivity index (χ3v) is 6.85. The summed E-state index contributed by atoms with van der Waals surface area (Å²) in [5.41, 5.74) is 1.46. The maximum Gasteiger partial charge on any atom is 0.257 e. The number of methoxy groups -OCH3 is 1. The third-order valence-electron chi connectivity index (χ3n) is 6.85. The van der Waals surface area contributed by atoms with Crippen molar-refractivity contribution in [3.8, 4) is 5.75 Å². The van der Waals surface area contributed by atoms with Gasteiger partial charge in [-0.3, -0.25) is 19.4 Å². The van der Waals surface area contributed by atoms with Crippen LogP contribution in [-0.4, -0.2) is 78.5 Å². The Morgan fingerprint density at radius 1 is 1.11 bits per heavy atom. The lowest BCUT2D eigenvalue weighted by molar-refractivity contribution is -0.117. The summed E-state index contributed by atoms with van der Waals surface area (Å²) in [4.78, 5) is 46.6. The summed E-state index contributed by atoms with van der Waals surface area (Å²) < 4.78 is 11.9. The second-order valence-corrected chi connectivity index (χ2v) is 9.77. The van der Waals surface area contributed by atoms with Gasteiger partial charge in [0.25, 0.3) is 11.8 Å². The predicted octanol–water partition coefficient (Wildman–Crippen LogP) is 3.08. The summed E-state index contributed by atoms with van der Waals surface area (Å²) in [5.74, 6) is 0.0321. The molecule has 3 atom stereocenters. The van der Waals surface area contributed by atoms with Crippen molar-refractivity contribution in [2.45, 2.75) is 38.8 Å². The van der Waals surface area contributed by atoms with Gasteiger partial charge in [0.05, 0.1) is 17.7 Å². The molecule has 1 aliphatic carbocycles. The zero-order valence-corrected chi connectivity index (χ0v) is 21.3. The van der Waals surface area contributed by atoms with Crippen LogP contribution < -0.4 is 10.1 Å². The SMILES string of the molecule is CO[C@H]1CN(C)C(=O)c2cc(NC(=O)C3CC3)ccc2OC[C@@H](C)N(C(=O)c2ccncc2)C[C@H]1C. The largest absolute Gasteiger partial charge is 0.491 e. The molecular formula is C27H34N4O5. The van der Waals surface area contributed by atoms with Gasteiger partial charge in [0, 0.05) is 62.7 Å². The second kappa shape index (κ2) is 11.1. The third kappa shape index (κ3) is 5.84. The number of carbonyl (C=O) groups is 3. The zero-order chi connectivity index (χ0) is 25.8. The van der Waals surface area contributed by atoms with Crippen LogP contribution in [0.4, 0.5) is 5.69 Å². The number of hydrogen-bond donors (Lipinski definition) is 1. The van der Waals surface area contributed by atoms with E-state index in [1.165, 1.54) is 0 Å². The molecule has 1 aliphatic heterocycles. The van der Waals surface area contributed by atoms with Crippen molar-refractivity contribution in [3.05, 3.63) is 53.9 Å². The highest BCUT2D eigenvalue weighted by atomic mass is 16.5. The molecule has 192 valence electrons. The van der Waals surface area contributed by atoms with E-state index < -0.39 is 0 Å². The fourth-order valence-corrected chi connectivity index (χ4v) is 4.39. The Morgan fingerprint density at radius 2 is 1.83 bits per heavy atom. The zero-order valence-electron chi connectivity index (χ0n) is 21.3. The van der Waals surface area contributed by atoms with Crippen molar-refractivity contribution in [1.82, 2.24) is 14.8 Å². The van der Waals surface area contributed by atoms with Gasteiger partial charge < -0.3 is 24.6 Å². The molecule has 0 spiro atoms. The maximum absolute atomic E-state index is 13.5. The number of anilines is 1. The highest BCUT2D eigenvalue weighted by Gasteiger charge is 2.32. The number of likely N-dealkylation sites (N-methyl/N-ethyl adjacent to an activating group) is 1. The molecule has 1 saturated carbocycles. The fraction of sp³-hybridized carbons (Fsp3) is 0.481. The van der Waals surface area contributed by atoms with Gasteiger partial charge in [-0.15, -0.1) is 0 Å². The van der Waals surface area contributed by atoms with Crippen molar-refractivity contribution in [2.24, 2.45) is 11.8 Å². The molecule has 4 rings (SSSR count). The van der Waals surface area contributed by atoms with E-state index in [4.69, 9.17) is 9.47 Å². The van der Waals surface area contributed by atoms with Crippen molar-refractivity contribution in [2.75, 3.05) is 39.2 Å². The average molecular weight is 495 g/mol. The molecule has 0 unspecified atom stereocenters. The Balaban J connectivity index is 1.65. The molecule has 1 aromatic carbocycles. The number of rotatable bonds is 4. The molecule has 9 heteroatoms. The van der Waals surface area contributed by atoms with Crippen molar-refractivity contribution in [3.63, 3.8) is 0 Å². The highest BCUT2D eigenvalue weighted by molar-refractivity contribution is 6.00. The molecule has 1 N–H and O–H groups in total. The molecular weight excluding hydrogens is 460 g/mol. The molecule has 2 aromatic rings. The number of hydrogen-bond acceptors (Lipinski definition) is 6. The summed E-state index contributed by atoms with van der Waals surface area (Å²) in [5, 5.41) is 2.90. The molecule has 1 fully saturated rings. The Hall–Kier alpha value is -3.46. The van der Waals surface area contributed by atoms with Gasteiger partial charge in [-0.25, -0.2) is 0 Å². The predicted molar refractivity (Wildman–Crippen MR) is 135 cm³/mol. The van der Waals surface area contributed by atoms with Gasteiger partial charge >= 0.3 is 0 Å². The summed E-state index contributed by atoms with van der Waals surface area (Å²) in [6.45, 7) is 4.90. The summed E-state index contributed by atoms with van der Waals surface area (Å²) in [6.07, 6.45) is 4.70. The number of aromatic nitrogens is 1. The Morgan fingerprint density at radius 3 is 2.50 bits per heavy atom. The number of benzene rings is 1. The standard InChI is InChI=1S/C27H34N4O5/c1-17-14-31(26(33)20-9-11-28-12-10-20)18(2)16-36-23-8-7-21(29-25(32)19-5-6-19)13-22(23)27(34)30(3)15-24(17)35-4/h7-13,17-19,24H,5-6,14-16H2,1-4H3,(H,29,32)/t17-,18-,24+/m1/s1. The molecule has 0 radical (unpaired) electrons. The number of nitrogens with one attached hydrogen (secondary N) is 1. The molecule has 3 amide bonds. The molecule has 0 bridgehead atoms. The molecule has 36 heavy (non-hydrogen) atoms. The Labute approximate surface area is 211 Å². The maximum atomic E-state index is 13.5. The number of nitrogens with zero attached hydrogens (tertiary/aromatic N) is 3. The first-order chi connectivity index (χ1) is 17.3. The van der Waals surface area contributed by atoms with E-state index in [9.17, 15) is 14.4 Å². The van der Waals surface area contributed by atoms with E-state index >= 15 is 0 Å². The highest BCUT2D eigenvalue weighted by Crippen LogP contribution is 2.31. The lowest BCUT2D eigenvalue weighted by Crippen LogP contribution is -2.48. The number of carbonyl (C=O) groups excluding carboxylic acids is 3. The quantitative estimate of drug-likeness (QED) is 0.701.